The number of nitrogens with one attached hydrogen (secondary N) is 3. The van der Waals surface area contributed by atoms with E-state index in [1.165, 1.54) is 0 Å². The Balaban J connectivity index is 2.03. The highest BCUT2D eigenvalue weighted by molar-refractivity contribution is 5.93. The molecule has 0 radical (unpaired) electrons. The van der Waals surface area contributed by atoms with Gasteiger partial charge in [-0.25, -0.2) is 0 Å². The van der Waals surface area contributed by atoms with Crippen LogP contribution in [0.4, 0.5) is 0 Å². The third-order valence-corrected chi connectivity index (χ3v) is 5.96. The maximum absolute atomic E-state index is 13.2. The van der Waals surface area contributed by atoms with Gasteiger partial charge in [0, 0.05) is 25.9 Å². The summed E-state index contributed by atoms with van der Waals surface area (Å²) in [4.78, 5) is 38.9. The van der Waals surface area contributed by atoms with Crippen molar-refractivity contribution in [3.8, 4) is 16.9 Å². The molecule has 1 aliphatic heterocycles. The fourth-order valence-electron chi connectivity index (χ4n) is 4.04. The van der Waals surface area contributed by atoms with Crippen molar-refractivity contribution in [2.45, 2.75) is 43.8 Å². The van der Waals surface area contributed by atoms with Crippen LogP contribution in [-0.2, 0) is 27.2 Å². The highest BCUT2D eigenvalue weighted by Gasteiger charge is 2.28. The second kappa shape index (κ2) is 12.3. The number of aromatic hydroxyl groups is 1. The van der Waals surface area contributed by atoms with Gasteiger partial charge in [-0.05, 0) is 53.8 Å². The SMILES string of the molecule is NCCC[C@@H]1NC(=O)C(N)Cc2cc(ccc2O)-c2cccc(c2)CC(C(=O)NCCN)NC1=O. The molecule has 1 heterocycles. The zero-order valence-corrected chi connectivity index (χ0v) is 19.6. The van der Waals surface area contributed by atoms with E-state index >= 15 is 0 Å². The molecular weight excluding hydrogens is 448 g/mol. The molecule has 188 valence electrons. The molecule has 3 rings (SSSR count). The van der Waals surface area contributed by atoms with Crippen molar-refractivity contribution < 1.29 is 19.5 Å². The van der Waals surface area contributed by atoms with Crippen LogP contribution in [0, 0.1) is 0 Å². The van der Waals surface area contributed by atoms with Crippen LogP contribution >= 0.6 is 0 Å². The number of amides is 3. The number of phenols is 1. The molecule has 0 spiro atoms. The molecule has 10 nitrogen and oxygen atoms in total. The fraction of sp³-hybridized carbons (Fsp3) is 0.400. The van der Waals surface area contributed by atoms with Gasteiger partial charge in [0.25, 0.3) is 0 Å². The summed E-state index contributed by atoms with van der Waals surface area (Å²) < 4.78 is 0. The van der Waals surface area contributed by atoms with E-state index in [0.717, 1.165) is 16.7 Å². The van der Waals surface area contributed by atoms with Gasteiger partial charge in [-0.3, -0.25) is 14.4 Å². The monoisotopic (exact) mass is 482 g/mol. The number of hydrogen-bond donors (Lipinski definition) is 7. The van der Waals surface area contributed by atoms with Gasteiger partial charge in [-0.15, -0.1) is 0 Å². The van der Waals surface area contributed by atoms with E-state index in [0.29, 0.717) is 18.5 Å². The third-order valence-electron chi connectivity index (χ3n) is 5.96. The largest absolute Gasteiger partial charge is 0.508 e. The lowest BCUT2D eigenvalue weighted by molar-refractivity contribution is -0.132. The highest BCUT2D eigenvalue weighted by Crippen LogP contribution is 2.28. The van der Waals surface area contributed by atoms with Crippen molar-refractivity contribution in [3.05, 3.63) is 53.6 Å². The first-order chi connectivity index (χ1) is 16.8. The molecule has 4 bridgehead atoms. The number of rotatable bonds is 6. The lowest BCUT2D eigenvalue weighted by atomic mass is 9.96. The zero-order chi connectivity index (χ0) is 25.4. The molecule has 1 aliphatic rings. The number of phenolic OH excluding ortho intramolecular Hbond substituents is 1. The minimum absolute atomic E-state index is 0.0338. The lowest BCUT2D eigenvalue weighted by Gasteiger charge is -2.24. The Labute approximate surface area is 204 Å². The van der Waals surface area contributed by atoms with Crippen molar-refractivity contribution in [2.24, 2.45) is 17.2 Å². The first kappa shape index (κ1) is 26.1. The number of benzene rings is 2. The van der Waals surface area contributed by atoms with E-state index < -0.39 is 29.9 Å². The number of carbonyl (C=O) groups excluding carboxylic acids is 3. The molecule has 0 aromatic heterocycles. The van der Waals surface area contributed by atoms with E-state index in [2.05, 4.69) is 16.0 Å². The fourth-order valence-corrected chi connectivity index (χ4v) is 4.04. The smallest absolute Gasteiger partial charge is 0.243 e. The average Bonchev–Trinajstić information content (AvgIpc) is 2.85. The molecule has 10 heteroatoms. The zero-order valence-electron chi connectivity index (χ0n) is 19.6. The molecule has 0 saturated heterocycles. The van der Waals surface area contributed by atoms with Gasteiger partial charge in [-0.2, -0.15) is 0 Å². The summed E-state index contributed by atoms with van der Waals surface area (Å²) in [5.41, 5.74) is 20.3. The Bertz CT molecular complexity index is 1060. The van der Waals surface area contributed by atoms with E-state index in [1.54, 1.807) is 18.2 Å². The normalized spacial score (nSPS) is 20.7. The predicted octanol–water partition coefficient (Wildman–Crippen LogP) is -0.731. The second-order valence-corrected chi connectivity index (χ2v) is 8.69. The van der Waals surface area contributed by atoms with Crippen LogP contribution in [0.25, 0.3) is 11.1 Å². The number of carbonyl (C=O) groups is 3. The maximum atomic E-state index is 13.2. The van der Waals surface area contributed by atoms with Gasteiger partial charge in [-0.1, -0.05) is 30.3 Å². The molecule has 0 aliphatic carbocycles. The van der Waals surface area contributed by atoms with Crippen LogP contribution in [0.15, 0.2) is 42.5 Å². The quantitative estimate of drug-likeness (QED) is 0.283. The van der Waals surface area contributed by atoms with E-state index in [-0.39, 0.29) is 44.0 Å². The van der Waals surface area contributed by atoms with E-state index in [9.17, 15) is 19.5 Å². The Kier molecular flexibility index (Phi) is 9.18. The summed E-state index contributed by atoms with van der Waals surface area (Å²) >= 11 is 0. The van der Waals surface area contributed by atoms with Crippen molar-refractivity contribution in [2.75, 3.05) is 19.6 Å². The number of nitrogens with two attached hydrogens (primary N) is 3. The summed E-state index contributed by atoms with van der Waals surface area (Å²) in [6.45, 7) is 0.863. The van der Waals surface area contributed by atoms with Gasteiger partial charge in [0.2, 0.25) is 17.7 Å². The van der Waals surface area contributed by atoms with Gasteiger partial charge in [0.05, 0.1) is 6.04 Å². The van der Waals surface area contributed by atoms with Gasteiger partial charge in [0.1, 0.15) is 17.8 Å². The molecule has 2 aromatic carbocycles. The van der Waals surface area contributed by atoms with Crippen LogP contribution < -0.4 is 33.2 Å². The summed E-state index contributed by atoms with van der Waals surface area (Å²) in [5, 5.41) is 18.6. The number of fused-ring (bicyclic) bond motifs is 5. The minimum atomic E-state index is -0.996. The first-order valence-corrected chi connectivity index (χ1v) is 11.8. The Hall–Kier alpha value is -3.47. The topological polar surface area (TPSA) is 186 Å². The lowest BCUT2D eigenvalue weighted by Crippen LogP contribution is -2.56. The van der Waals surface area contributed by atoms with Gasteiger partial charge >= 0.3 is 0 Å². The molecule has 3 atom stereocenters. The molecule has 2 aromatic rings. The summed E-state index contributed by atoms with van der Waals surface area (Å²) in [6.07, 6.45) is 1.09. The highest BCUT2D eigenvalue weighted by atomic mass is 16.3. The third kappa shape index (κ3) is 7.01. The van der Waals surface area contributed by atoms with Crippen LogP contribution in [0.2, 0.25) is 0 Å². The Morgan fingerprint density at radius 1 is 1.00 bits per heavy atom. The van der Waals surface area contributed by atoms with Crippen molar-refractivity contribution in [1.82, 2.24) is 16.0 Å². The second-order valence-electron chi connectivity index (χ2n) is 8.69. The average molecular weight is 483 g/mol. The van der Waals surface area contributed by atoms with Gasteiger partial charge < -0.3 is 38.3 Å². The van der Waals surface area contributed by atoms with Crippen LogP contribution in [0.5, 0.6) is 5.75 Å². The van der Waals surface area contributed by atoms with Crippen LogP contribution in [-0.4, -0.2) is 60.6 Å². The Morgan fingerprint density at radius 2 is 1.77 bits per heavy atom. The summed E-state index contributed by atoms with van der Waals surface area (Å²) in [5.74, 6) is -1.37. The van der Waals surface area contributed by atoms with Crippen LogP contribution in [0.1, 0.15) is 24.0 Å². The molecule has 2 unspecified atom stereocenters. The predicted molar refractivity (Wildman–Crippen MR) is 133 cm³/mol. The standard InChI is InChI=1S/C25H34N6O4/c26-8-2-5-20-25(35)31-21(24(34)29-10-9-27)12-15-3-1-4-16(11-15)17-6-7-22(32)18(13-17)14-19(28)23(33)30-20/h1,3-4,6-7,11,13,19-21,32H,2,5,8-10,12,14,26-28H2,(H,29,34)(H,30,33)(H,31,35)/t19?,20-,21?/m0/s1. The van der Waals surface area contributed by atoms with E-state index in [1.807, 2.05) is 24.3 Å². The molecule has 35 heavy (non-hydrogen) atoms. The Morgan fingerprint density at radius 3 is 2.51 bits per heavy atom. The molecule has 0 fully saturated rings. The molecular formula is C25H34N6O4. The minimum Gasteiger partial charge on any atom is -0.508 e. The molecule has 0 saturated carbocycles. The van der Waals surface area contributed by atoms with Crippen molar-refractivity contribution in [1.29, 1.82) is 0 Å². The van der Waals surface area contributed by atoms with Crippen molar-refractivity contribution >= 4 is 17.7 Å². The molecule has 3 amide bonds. The maximum Gasteiger partial charge on any atom is 0.243 e. The van der Waals surface area contributed by atoms with Crippen LogP contribution in [0.3, 0.4) is 0 Å². The summed E-state index contributed by atoms with van der Waals surface area (Å²) in [7, 11) is 0. The summed E-state index contributed by atoms with van der Waals surface area (Å²) in [6, 6.07) is 9.93. The first-order valence-electron chi connectivity index (χ1n) is 11.8. The van der Waals surface area contributed by atoms with E-state index in [4.69, 9.17) is 17.2 Å². The van der Waals surface area contributed by atoms with Crippen molar-refractivity contribution in [3.63, 3.8) is 0 Å². The molecule has 10 N–H and O–H groups in total. The number of hydrogen-bond acceptors (Lipinski definition) is 7. The van der Waals surface area contributed by atoms with Gasteiger partial charge in [0.15, 0.2) is 0 Å².